The lowest BCUT2D eigenvalue weighted by molar-refractivity contribution is -0.139. The van der Waals surface area contributed by atoms with Gasteiger partial charge in [0.1, 0.15) is 6.04 Å². The predicted molar refractivity (Wildman–Crippen MR) is 65.0 cm³/mol. The van der Waals surface area contributed by atoms with Crippen molar-refractivity contribution in [3.05, 3.63) is 35.4 Å². The number of aliphatic carboxylic acids is 1. The molecule has 0 aliphatic rings. The first-order valence-corrected chi connectivity index (χ1v) is 5.62. The Labute approximate surface area is 105 Å². The van der Waals surface area contributed by atoms with Crippen molar-refractivity contribution < 1.29 is 14.7 Å². The van der Waals surface area contributed by atoms with Crippen LogP contribution in [0.15, 0.2) is 24.3 Å². The molecule has 5 nitrogen and oxygen atoms in total. The number of hydrogen-bond donors (Lipinski definition) is 2. The number of nitrogens with zero attached hydrogens (tertiary/aromatic N) is 1. The van der Waals surface area contributed by atoms with Crippen LogP contribution in [0.5, 0.6) is 0 Å². The van der Waals surface area contributed by atoms with Crippen molar-refractivity contribution in [1.29, 1.82) is 5.26 Å². The lowest BCUT2D eigenvalue weighted by atomic mass is 10.1. The second kappa shape index (κ2) is 6.40. The molecule has 0 aliphatic carbocycles. The first-order valence-electron chi connectivity index (χ1n) is 5.62. The highest BCUT2D eigenvalue weighted by Crippen LogP contribution is 2.05. The highest BCUT2D eigenvalue weighted by Gasteiger charge is 2.19. The maximum absolute atomic E-state index is 11.8. The van der Waals surface area contributed by atoms with E-state index in [0.717, 1.165) is 0 Å². The van der Waals surface area contributed by atoms with Gasteiger partial charge < -0.3 is 10.4 Å². The number of rotatable bonds is 5. The molecule has 0 bridgehead atoms. The zero-order valence-corrected chi connectivity index (χ0v) is 10.0. The zero-order chi connectivity index (χ0) is 13.5. The van der Waals surface area contributed by atoms with Gasteiger partial charge in [-0.05, 0) is 30.7 Å². The fraction of sp³-hybridized carbons (Fsp3) is 0.308. The van der Waals surface area contributed by atoms with Gasteiger partial charge in [0, 0.05) is 5.56 Å². The van der Waals surface area contributed by atoms with Crippen LogP contribution < -0.4 is 5.32 Å². The quantitative estimate of drug-likeness (QED) is 0.824. The Balaban J connectivity index is 2.74. The lowest BCUT2D eigenvalue weighted by Crippen LogP contribution is -2.40. The number of benzene rings is 1. The number of hydrogen-bond acceptors (Lipinski definition) is 3. The van der Waals surface area contributed by atoms with Gasteiger partial charge in [-0.2, -0.15) is 5.26 Å². The van der Waals surface area contributed by atoms with Crippen molar-refractivity contribution in [3.63, 3.8) is 0 Å². The Morgan fingerprint density at radius 3 is 2.44 bits per heavy atom. The molecular weight excluding hydrogens is 232 g/mol. The summed E-state index contributed by atoms with van der Waals surface area (Å²) in [5, 5.41) is 20.0. The number of carbonyl (C=O) groups excluding carboxylic acids is 1. The summed E-state index contributed by atoms with van der Waals surface area (Å²) in [5.41, 5.74) is 0.797. The molecule has 0 saturated carbocycles. The van der Waals surface area contributed by atoms with E-state index in [1.54, 1.807) is 0 Å². The molecule has 0 spiro atoms. The van der Waals surface area contributed by atoms with E-state index in [-0.39, 0.29) is 0 Å². The molecule has 1 amide bonds. The van der Waals surface area contributed by atoms with Crippen molar-refractivity contribution in [2.45, 2.75) is 25.8 Å². The van der Waals surface area contributed by atoms with E-state index in [2.05, 4.69) is 5.32 Å². The molecule has 0 aliphatic heterocycles. The van der Waals surface area contributed by atoms with E-state index in [1.807, 2.05) is 13.0 Å². The topological polar surface area (TPSA) is 90.2 Å². The number of amides is 1. The van der Waals surface area contributed by atoms with E-state index in [4.69, 9.17) is 10.4 Å². The molecule has 0 fully saturated rings. The van der Waals surface area contributed by atoms with Gasteiger partial charge in [0.15, 0.2) is 0 Å². The number of carbonyl (C=O) groups is 2. The standard InChI is InChI=1S/C13H14N2O3/c1-2-3-11(13(17)18)15-12(16)10-6-4-9(8-14)5-7-10/h4-7,11H,2-3H2,1H3,(H,15,16)(H,17,18). The lowest BCUT2D eigenvalue weighted by Gasteiger charge is -2.13. The minimum absolute atomic E-state index is 0.344. The van der Waals surface area contributed by atoms with Gasteiger partial charge in [0.2, 0.25) is 0 Å². The predicted octanol–water partition coefficient (Wildman–Crippen LogP) is 1.54. The van der Waals surface area contributed by atoms with Crippen molar-refractivity contribution in [3.8, 4) is 6.07 Å². The normalized spacial score (nSPS) is 11.3. The maximum Gasteiger partial charge on any atom is 0.326 e. The van der Waals surface area contributed by atoms with E-state index in [0.29, 0.717) is 24.0 Å². The molecular formula is C13H14N2O3. The Hall–Kier alpha value is -2.35. The van der Waals surface area contributed by atoms with Gasteiger partial charge in [0.05, 0.1) is 11.6 Å². The highest BCUT2D eigenvalue weighted by atomic mass is 16.4. The molecule has 1 aromatic carbocycles. The summed E-state index contributed by atoms with van der Waals surface area (Å²) in [6.07, 6.45) is 1.06. The van der Waals surface area contributed by atoms with Crippen LogP contribution >= 0.6 is 0 Å². The van der Waals surface area contributed by atoms with Crippen LogP contribution in [0.25, 0.3) is 0 Å². The molecule has 1 aromatic rings. The minimum Gasteiger partial charge on any atom is -0.480 e. The number of nitrogens with one attached hydrogen (secondary N) is 1. The van der Waals surface area contributed by atoms with Crippen LogP contribution in [-0.4, -0.2) is 23.0 Å². The summed E-state index contributed by atoms with van der Waals surface area (Å²) in [6, 6.07) is 7.10. The summed E-state index contributed by atoms with van der Waals surface area (Å²) in [4.78, 5) is 22.7. The van der Waals surface area contributed by atoms with Crippen LogP contribution in [0.3, 0.4) is 0 Å². The largest absolute Gasteiger partial charge is 0.480 e. The molecule has 94 valence electrons. The molecule has 0 radical (unpaired) electrons. The fourth-order valence-corrected chi connectivity index (χ4v) is 1.48. The van der Waals surface area contributed by atoms with E-state index in [1.165, 1.54) is 24.3 Å². The SMILES string of the molecule is CCCC(NC(=O)c1ccc(C#N)cc1)C(=O)O. The third kappa shape index (κ3) is 3.59. The van der Waals surface area contributed by atoms with E-state index >= 15 is 0 Å². The second-order valence-corrected chi connectivity index (χ2v) is 3.84. The average molecular weight is 246 g/mol. The van der Waals surface area contributed by atoms with Crippen molar-refractivity contribution in [2.24, 2.45) is 0 Å². The van der Waals surface area contributed by atoms with Gasteiger partial charge >= 0.3 is 5.97 Å². The second-order valence-electron chi connectivity index (χ2n) is 3.84. The summed E-state index contributed by atoms with van der Waals surface area (Å²) in [5.74, 6) is -1.49. The van der Waals surface area contributed by atoms with Crippen molar-refractivity contribution in [1.82, 2.24) is 5.32 Å². The van der Waals surface area contributed by atoms with Gasteiger partial charge in [-0.1, -0.05) is 13.3 Å². The molecule has 1 rings (SSSR count). The molecule has 1 atom stereocenters. The molecule has 0 heterocycles. The smallest absolute Gasteiger partial charge is 0.326 e. The van der Waals surface area contributed by atoms with Crippen molar-refractivity contribution in [2.75, 3.05) is 0 Å². The number of carboxylic acids is 1. The highest BCUT2D eigenvalue weighted by molar-refractivity contribution is 5.96. The van der Waals surface area contributed by atoms with Gasteiger partial charge in [0.25, 0.3) is 5.91 Å². The summed E-state index contributed by atoms with van der Waals surface area (Å²) in [6.45, 7) is 1.85. The third-order valence-electron chi connectivity index (χ3n) is 2.46. The van der Waals surface area contributed by atoms with Crippen molar-refractivity contribution >= 4 is 11.9 Å². The molecule has 0 aromatic heterocycles. The van der Waals surface area contributed by atoms with Crippen LogP contribution in [0, 0.1) is 11.3 Å². The molecule has 18 heavy (non-hydrogen) atoms. The summed E-state index contributed by atoms with van der Waals surface area (Å²) in [7, 11) is 0. The molecule has 2 N–H and O–H groups in total. The Kier molecular flexibility index (Phi) is 4.88. The fourth-order valence-electron chi connectivity index (χ4n) is 1.48. The number of nitriles is 1. The van der Waals surface area contributed by atoms with Gasteiger partial charge in [-0.15, -0.1) is 0 Å². The molecule has 0 saturated heterocycles. The monoisotopic (exact) mass is 246 g/mol. The summed E-state index contributed by atoms with van der Waals surface area (Å²) < 4.78 is 0. The van der Waals surface area contributed by atoms with Crippen LogP contribution in [0.2, 0.25) is 0 Å². The van der Waals surface area contributed by atoms with E-state index in [9.17, 15) is 9.59 Å². The van der Waals surface area contributed by atoms with Crippen LogP contribution in [0.4, 0.5) is 0 Å². The zero-order valence-electron chi connectivity index (χ0n) is 10.0. The Morgan fingerprint density at radius 1 is 1.39 bits per heavy atom. The minimum atomic E-state index is -1.04. The average Bonchev–Trinajstić information content (AvgIpc) is 2.38. The Morgan fingerprint density at radius 2 is 2.00 bits per heavy atom. The van der Waals surface area contributed by atoms with Crippen LogP contribution in [0.1, 0.15) is 35.7 Å². The molecule has 5 heteroatoms. The first-order chi connectivity index (χ1) is 8.58. The van der Waals surface area contributed by atoms with Gasteiger partial charge in [-0.3, -0.25) is 4.79 Å². The molecule has 1 unspecified atom stereocenters. The Bertz CT molecular complexity index is 474. The number of carboxylic acid groups (broad SMARTS) is 1. The first kappa shape index (κ1) is 13.7. The summed E-state index contributed by atoms with van der Waals surface area (Å²) >= 11 is 0. The van der Waals surface area contributed by atoms with Crippen LogP contribution in [-0.2, 0) is 4.79 Å². The third-order valence-corrected chi connectivity index (χ3v) is 2.46. The maximum atomic E-state index is 11.8. The van der Waals surface area contributed by atoms with E-state index < -0.39 is 17.9 Å². The van der Waals surface area contributed by atoms with Gasteiger partial charge in [-0.25, -0.2) is 4.79 Å².